The largest absolute Gasteiger partial charge is 0.381 e. The molecule has 0 aliphatic heterocycles. The Hall–Kier alpha value is -4.20. The lowest BCUT2D eigenvalue weighted by atomic mass is 9.86. The van der Waals surface area contributed by atoms with Crippen LogP contribution in [0.15, 0.2) is 0 Å². The van der Waals surface area contributed by atoms with E-state index in [1.165, 1.54) is 80.8 Å². The molecule has 0 saturated carbocycles. The summed E-state index contributed by atoms with van der Waals surface area (Å²) in [6.07, 6.45) is 27.8. The van der Waals surface area contributed by atoms with Gasteiger partial charge in [-0.25, -0.2) is 0 Å². The minimum Gasteiger partial charge on any atom is -0.381 e. The molecule has 0 bridgehead atoms. The molecule has 5 aromatic heterocycles. The van der Waals surface area contributed by atoms with E-state index in [1.807, 2.05) is 34.0 Å². The molecular formula is C91H130N4O10S5. The van der Waals surface area contributed by atoms with Crippen molar-refractivity contribution in [2.45, 2.75) is 262 Å². The molecule has 5 heterocycles. The van der Waals surface area contributed by atoms with Crippen molar-refractivity contribution in [2.75, 3.05) is 132 Å². The molecule has 604 valence electrons. The Bertz CT molecular complexity index is 4180. The Labute approximate surface area is 677 Å². The zero-order chi connectivity index (χ0) is 78.0. The van der Waals surface area contributed by atoms with Crippen molar-refractivity contribution in [2.24, 2.45) is 27.1 Å². The summed E-state index contributed by atoms with van der Waals surface area (Å²) in [5.74, 6) is 0. The van der Waals surface area contributed by atoms with Gasteiger partial charge in [-0.3, -0.25) is 0 Å². The number of unbranched alkanes of at least 4 members (excludes halogenated alkanes) is 10. The van der Waals surface area contributed by atoms with Crippen LogP contribution in [-0.2, 0) is 112 Å². The van der Waals surface area contributed by atoms with Crippen LogP contribution in [0.5, 0.6) is 0 Å². The van der Waals surface area contributed by atoms with Crippen LogP contribution in [-0.4, -0.2) is 132 Å². The number of nitriles is 4. The number of fused-ring (bicyclic) bond motifs is 5. The highest BCUT2D eigenvalue weighted by Crippen LogP contribution is 2.51. The summed E-state index contributed by atoms with van der Waals surface area (Å²) in [5.41, 5.74) is 11.4. The van der Waals surface area contributed by atoms with Crippen molar-refractivity contribution < 1.29 is 47.4 Å². The fourth-order valence-corrected chi connectivity index (χ4v) is 24.5. The lowest BCUT2D eigenvalue weighted by Crippen LogP contribution is -2.34. The van der Waals surface area contributed by atoms with Gasteiger partial charge < -0.3 is 47.4 Å². The third-order valence-corrected chi connectivity index (χ3v) is 30.4. The molecule has 0 N–H and O–H groups in total. The highest BCUT2D eigenvalue weighted by molar-refractivity contribution is 7.15. The molecule has 5 aromatic rings. The van der Waals surface area contributed by atoms with Crippen LogP contribution in [0, 0.1) is 109 Å². The molecule has 19 heteroatoms. The highest BCUT2D eigenvalue weighted by Gasteiger charge is 2.48. The second kappa shape index (κ2) is 43.7. The van der Waals surface area contributed by atoms with Crippen LogP contribution in [0.1, 0.15) is 253 Å². The SMILES string of the molecule is CCCCOCC1(COCCCC)Cc2c(/c(=c3/s/c(=c4\s/c(=c5\s/c(=c6/sc(=C(C#N)C#N)c7c6CC(COCCCC)(COCCCC)C7)c6c5CC(COCCCC)(COCCCC)C6)c5c4CC(COCCCC)(COCCCC)C5)c4c3CC(COCCCC)(COCCCC)C4)sc2=C(C#N)C#N)C1. The first-order valence-electron chi connectivity index (χ1n) is 42.6. The summed E-state index contributed by atoms with van der Waals surface area (Å²) in [5, 5.41) is 43.8. The van der Waals surface area contributed by atoms with E-state index in [2.05, 4.69) is 93.5 Å². The molecule has 110 heavy (non-hydrogen) atoms. The van der Waals surface area contributed by atoms with Crippen molar-refractivity contribution in [3.05, 3.63) is 101 Å². The summed E-state index contributed by atoms with van der Waals surface area (Å²) in [7, 11) is 0. The van der Waals surface area contributed by atoms with Crippen LogP contribution in [0.4, 0.5) is 0 Å². The Morgan fingerprint density at radius 1 is 0.227 bits per heavy atom. The van der Waals surface area contributed by atoms with Crippen molar-refractivity contribution in [3.8, 4) is 24.3 Å². The summed E-state index contributed by atoms with van der Waals surface area (Å²) in [6, 6.07) is 9.56. The van der Waals surface area contributed by atoms with E-state index in [0.717, 1.165) is 200 Å². The van der Waals surface area contributed by atoms with Crippen LogP contribution >= 0.6 is 56.7 Å². The maximum absolute atomic E-state index is 11.0. The molecule has 5 aliphatic rings. The predicted octanol–water partition coefficient (Wildman–Crippen LogP) is 19.1. The Balaban J connectivity index is 1.38. The van der Waals surface area contributed by atoms with Crippen molar-refractivity contribution >= 4 is 67.8 Å². The third-order valence-electron chi connectivity index (χ3n) is 23.3. The van der Waals surface area contributed by atoms with Gasteiger partial charge in [-0.1, -0.05) is 133 Å². The van der Waals surface area contributed by atoms with Gasteiger partial charge in [-0.2, -0.15) is 21.0 Å². The van der Waals surface area contributed by atoms with Crippen LogP contribution in [0.25, 0.3) is 11.1 Å². The number of nitrogens with zero attached hydrogens (tertiary/aromatic N) is 4. The molecular weight excluding hydrogens is 1470 g/mol. The van der Waals surface area contributed by atoms with Gasteiger partial charge in [-0.15, -0.1) is 56.7 Å². The standard InChI is InChI=1S/C91H130N4O10S5/c1-11-21-31-96-55-87(56-97-32-22-12-2)41-67-69(43-87)79(106-77(67)65(51-92)52-93)81-71-45-89(59-100-35-25-15-5,60-101-36-26-16-6)47-73(71)83(108-81)85-75-49-91(63-104-39-29-19-9,64-105-40-30-20-10)50-76(75)86(110-85)84-74-48-90(61-102-37-27-17-7,62-103-38-28-18-8)46-72(74)82(109-84)80-70-44-88(57-98-33-23-13-3,58-99-34-24-14-4)42-68(70)78(107-80)66(53-94)54-95/h11-50,55-64H2,1-10H3/b81-79-,82-80+,85-83-,86-84-. The van der Waals surface area contributed by atoms with Crippen molar-refractivity contribution in [1.29, 1.82) is 21.0 Å². The summed E-state index contributed by atoms with van der Waals surface area (Å²) < 4.78 is 79.7. The topological polar surface area (TPSA) is 187 Å². The van der Waals surface area contributed by atoms with Gasteiger partial charge in [0.05, 0.1) is 75.1 Å². The number of rotatable bonds is 50. The van der Waals surface area contributed by atoms with Gasteiger partial charge in [0.25, 0.3) is 0 Å². The molecule has 0 atom stereocenters. The second-order valence-corrected chi connectivity index (χ2v) is 38.2. The Morgan fingerprint density at radius 2 is 0.364 bits per heavy atom. The van der Waals surface area contributed by atoms with E-state index < -0.39 is 0 Å². The second-order valence-electron chi connectivity index (χ2n) is 33.1. The van der Waals surface area contributed by atoms with Crippen molar-refractivity contribution in [3.63, 3.8) is 0 Å². The number of ether oxygens (including phenoxy) is 10. The lowest BCUT2D eigenvalue weighted by molar-refractivity contribution is -0.0190. The summed E-state index contributed by atoms with van der Waals surface area (Å²) >= 11 is 9.18. The quantitative estimate of drug-likeness (QED) is 0.0335. The van der Waals surface area contributed by atoms with E-state index in [-0.39, 0.29) is 38.2 Å². The van der Waals surface area contributed by atoms with Crippen LogP contribution in [0.3, 0.4) is 0 Å². The molecule has 14 nitrogen and oxygen atoms in total. The first kappa shape index (κ1) is 88.2. The van der Waals surface area contributed by atoms with Gasteiger partial charge >= 0.3 is 0 Å². The smallest absolute Gasteiger partial charge is 0.147 e. The molecule has 10 rings (SSSR count). The zero-order valence-electron chi connectivity index (χ0n) is 68.8. The monoisotopic (exact) mass is 1600 g/mol. The minimum absolute atomic E-state index is 0.166. The van der Waals surface area contributed by atoms with Gasteiger partial charge in [0.15, 0.2) is 0 Å². The normalized spacial score (nSPS) is 17.7. The maximum Gasteiger partial charge on any atom is 0.147 e. The molecule has 0 fully saturated rings. The molecule has 0 unspecified atom stereocenters. The fraction of sp³-hybridized carbons (Fsp3) is 0.714. The molecule has 5 aliphatic carbocycles. The van der Waals surface area contributed by atoms with Crippen LogP contribution in [0.2, 0.25) is 0 Å². The Kier molecular flexibility index (Phi) is 35.0. The lowest BCUT2D eigenvalue weighted by Gasteiger charge is -2.29. The number of thiophene rings is 5. The maximum atomic E-state index is 11.0. The zero-order valence-corrected chi connectivity index (χ0v) is 72.9. The predicted molar refractivity (Wildman–Crippen MR) is 447 cm³/mol. The fourth-order valence-electron chi connectivity index (χ4n) is 17.1. The minimum atomic E-state index is -0.371. The van der Waals surface area contributed by atoms with Gasteiger partial charge in [0.2, 0.25) is 0 Å². The number of hydrogen-bond acceptors (Lipinski definition) is 19. The van der Waals surface area contributed by atoms with Gasteiger partial charge in [0.1, 0.15) is 35.4 Å². The highest BCUT2D eigenvalue weighted by atomic mass is 32.1. The van der Waals surface area contributed by atoms with E-state index in [1.54, 1.807) is 22.7 Å². The van der Waals surface area contributed by atoms with E-state index in [9.17, 15) is 21.0 Å². The van der Waals surface area contributed by atoms with Crippen LogP contribution < -0.4 is 9.06 Å². The first-order valence-corrected chi connectivity index (χ1v) is 46.7. The van der Waals surface area contributed by atoms with Crippen molar-refractivity contribution in [1.82, 2.24) is 0 Å². The third kappa shape index (κ3) is 21.1. The Morgan fingerprint density at radius 3 is 0.509 bits per heavy atom. The van der Waals surface area contributed by atoms with E-state index in [0.29, 0.717) is 145 Å². The van der Waals surface area contributed by atoms with Gasteiger partial charge in [0, 0.05) is 129 Å². The summed E-state index contributed by atoms with van der Waals surface area (Å²) in [6.45, 7) is 34.6. The average Bonchev–Trinajstić information content (AvgIpc) is 1.54. The first-order chi connectivity index (χ1) is 53.8. The molecule has 0 amide bonds. The molecule has 0 radical (unpaired) electrons. The van der Waals surface area contributed by atoms with Gasteiger partial charge in [-0.05, 0) is 184 Å². The molecule has 0 spiro atoms. The molecule has 0 saturated heterocycles. The van der Waals surface area contributed by atoms with E-state index in [4.69, 9.17) is 47.4 Å². The molecule has 0 aromatic carbocycles. The number of hydrogen-bond donors (Lipinski definition) is 0. The summed E-state index contributed by atoms with van der Waals surface area (Å²) in [4.78, 5) is 0. The van der Waals surface area contributed by atoms with E-state index >= 15 is 0 Å². The average molecular weight is 1600 g/mol.